The van der Waals surface area contributed by atoms with Crippen molar-refractivity contribution in [2.75, 3.05) is 0 Å². The zero-order valence-corrected chi connectivity index (χ0v) is 8.76. The first-order valence-electron chi connectivity index (χ1n) is 3.00. The van der Waals surface area contributed by atoms with Gasteiger partial charge in [0.2, 0.25) is 0 Å². The van der Waals surface area contributed by atoms with Gasteiger partial charge in [0.05, 0.1) is 0 Å². The Bertz CT molecular complexity index is 257. The van der Waals surface area contributed by atoms with Gasteiger partial charge in [-0.15, -0.1) is 18.9 Å². The standard InChI is InChI=1S/C7H5F3O2.Na/c8-7(9,10)12-6-3-1-5(11)2-4-6;/h1-4,11H;/q;+1/p-1. The van der Waals surface area contributed by atoms with Gasteiger partial charge in [0.1, 0.15) is 5.75 Å². The predicted molar refractivity (Wildman–Crippen MR) is 32.6 cm³/mol. The molecule has 0 N–H and O–H groups in total. The van der Waals surface area contributed by atoms with Gasteiger partial charge >= 0.3 is 35.9 Å². The molecule has 0 unspecified atom stereocenters. The largest absolute Gasteiger partial charge is 1.00 e. The van der Waals surface area contributed by atoms with E-state index in [0.29, 0.717) is 0 Å². The van der Waals surface area contributed by atoms with E-state index in [0.717, 1.165) is 24.3 Å². The third-order valence-corrected chi connectivity index (χ3v) is 1.06. The van der Waals surface area contributed by atoms with Crippen LogP contribution in [0.4, 0.5) is 13.2 Å². The molecule has 6 heteroatoms. The fourth-order valence-electron chi connectivity index (χ4n) is 0.641. The number of benzene rings is 1. The summed E-state index contributed by atoms with van der Waals surface area (Å²) in [6.07, 6.45) is -4.70. The Balaban J connectivity index is 0.00000144. The van der Waals surface area contributed by atoms with E-state index in [9.17, 15) is 18.3 Å². The molecule has 0 aliphatic rings. The first-order chi connectivity index (χ1) is 5.47. The van der Waals surface area contributed by atoms with Crippen LogP contribution in [0.15, 0.2) is 24.3 Å². The second-order valence-corrected chi connectivity index (χ2v) is 2.02. The van der Waals surface area contributed by atoms with Gasteiger partial charge in [0, 0.05) is 0 Å². The van der Waals surface area contributed by atoms with Crippen LogP contribution in [0, 0.1) is 0 Å². The molecule has 0 atom stereocenters. The van der Waals surface area contributed by atoms with Crippen LogP contribution in [-0.2, 0) is 0 Å². The molecule has 0 saturated carbocycles. The van der Waals surface area contributed by atoms with Crippen LogP contribution in [0.25, 0.3) is 0 Å². The molecule has 0 aliphatic carbocycles. The molecular weight excluding hydrogens is 196 g/mol. The second-order valence-electron chi connectivity index (χ2n) is 2.02. The molecule has 0 bridgehead atoms. The van der Waals surface area contributed by atoms with E-state index in [1.165, 1.54) is 0 Å². The molecule has 1 aromatic rings. The van der Waals surface area contributed by atoms with Crippen LogP contribution in [0.1, 0.15) is 0 Å². The number of ether oxygens (including phenoxy) is 1. The molecule has 0 saturated heterocycles. The molecule has 0 fully saturated rings. The van der Waals surface area contributed by atoms with Gasteiger partial charge in [0.15, 0.2) is 0 Å². The summed E-state index contributed by atoms with van der Waals surface area (Å²) in [6.45, 7) is 0. The normalized spacial score (nSPS) is 10.4. The van der Waals surface area contributed by atoms with Crippen LogP contribution in [0.3, 0.4) is 0 Å². The van der Waals surface area contributed by atoms with Crippen LogP contribution in [0.2, 0.25) is 0 Å². The van der Waals surface area contributed by atoms with Crippen molar-refractivity contribution in [2.24, 2.45) is 0 Å². The van der Waals surface area contributed by atoms with Crippen molar-refractivity contribution < 1.29 is 52.6 Å². The molecule has 0 radical (unpaired) electrons. The monoisotopic (exact) mass is 200 g/mol. The minimum Gasteiger partial charge on any atom is -0.872 e. The number of hydrogen-bond acceptors (Lipinski definition) is 2. The maximum absolute atomic E-state index is 11.5. The number of alkyl halides is 3. The molecular formula is C7H4F3NaO2. The quantitative estimate of drug-likeness (QED) is 0.526. The first-order valence-corrected chi connectivity index (χ1v) is 3.00. The molecule has 13 heavy (non-hydrogen) atoms. The number of rotatable bonds is 1. The molecule has 0 spiro atoms. The van der Waals surface area contributed by atoms with Crippen molar-refractivity contribution >= 4 is 0 Å². The Hall–Kier alpha value is -0.390. The summed E-state index contributed by atoms with van der Waals surface area (Å²) in [5, 5.41) is 10.5. The van der Waals surface area contributed by atoms with Crippen LogP contribution >= 0.6 is 0 Å². The summed E-state index contributed by atoms with van der Waals surface area (Å²) in [5.41, 5.74) is 0. The minimum absolute atomic E-state index is 0. The Morgan fingerprint density at radius 2 is 1.54 bits per heavy atom. The molecule has 1 rings (SSSR count). The molecule has 0 aliphatic heterocycles. The van der Waals surface area contributed by atoms with Crippen molar-refractivity contribution in [3.63, 3.8) is 0 Å². The summed E-state index contributed by atoms with van der Waals surface area (Å²) in [4.78, 5) is 0. The Kier molecular flexibility index (Phi) is 4.60. The summed E-state index contributed by atoms with van der Waals surface area (Å²) in [7, 11) is 0. The fraction of sp³-hybridized carbons (Fsp3) is 0.143. The average molecular weight is 200 g/mol. The average Bonchev–Trinajstić information content (AvgIpc) is 1.91. The van der Waals surface area contributed by atoms with Gasteiger partial charge < -0.3 is 9.84 Å². The van der Waals surface area contributed by atoms with Gasteiger partial charge in [0.25, 0.3) is 0 Å². The third kappa shape index (κ3) is 5.02. The predicted octanol–water partition coefficient (Wildman–Crippen LogP) is -1.34. The molecule has 0 aromatic heterocycles. The van der Waals surface area contributed by atoms with E-state index in [-0.39, 0.29) is 41.1 Å². The van der Waals surface area contributed by atoms with E-state index >= 15 is 0 Å². The van der Waals surface area contributed by atoms with Crippen molar-refractivity contribution in [1.29, 1.82) is 0 Å². The van der Waals surface area contributed by atoms with Crippen LogP contribution < -0.4 is 39.4 Å². The maximum Gasteiger partial charge on any atom is 1.00 e. The fourth-order valence-corrected chi connectivity index (χ4v) is 0.641. The van der Waals surface area contributed by atoms with Gasteiger partial charge in [-0.1, -0.05) is 12.1 Å². The van der Waals surface area contributed by atoms with E-state index in [4.69, 9.17) is 0 Å². The second kappa shape index (κ2) is 4.74. The van der Waals surface area contributed by atoms with Gasteiger partial charge in [-0.2, -0.15) is 0 Å². The van der Waals surface area contributed by atoms with E-state index in [1.807, 2.05) is 0 Å². The van der Waals surface area contributed by atoms with E-state index < -0.39 is 6.36 Å². The SMILES string of the molecule is [Na+].[O-]c1ccc(OC(F)(F)F)cc1. The van der Waals surface area contributed by atoms with E-state index in [1.54, 1.807) is 0 Å². The zero-order chi connectivity index (χ0) is 9.19. The van der Waals surface area contributed by atoms with Gasteiger partial charge in [-0.25, -0.2) is 0 Å². The molecule has 66 valence electrons. The Labute approximate surface area is 94.6 Å². The third-order valence-electron chi connectivity index (χ3n) is 1.06. The molecule has 0 heterocycles. The Morgan fingerprint density at radius 3 is 1.92 bits per heavy atom. The summed E-state index contributed by atoms with van der Waals surface area (Å²) in [6, 6.07) is 3.94. The topological polar surface area (TPSA) is 32.3 Å². The van der Waals surface area contributed by atoms with Gasteiger partial charge in [-0.3, -0.25) is 0 Å². The molecule has 0 amide bonds. The summed E-state index contributed by atoms with van der Waals surface area (Å²) < 4.78 is 38.1. The number of halogens is 3. The van der Waals surface area contributed by atoms with Crippen molar-refractivity contribution in [1.82, 2.24) is 0 Å². The van der Waals surface area contributed by atoms with Crippen LogP contribution in [-0.4, -0.2) is 6.36 Å². The maximum atomic E-state index is 11.5. The Morgan fingerprint density at radius 1 is 1.08 bits per heavy atom. The zero-order valence-electron chi connectivity index (χ0n) is 6.76. The van der Waals surface area contributed by atoms with Crippen LogP contribution in [0.5, 0.6) is 11.5 Å². The minimum atomic E-state index is -4.70. The van der Waals surface area contributed by atoms with Crippen molar-refractivity contribution in [3.8, 4) is 11.5 Å². The van der Waals surface area contributed by atoms with Crippen molar-refractivity contribution in [3.05, 3.63) is 24.3 Å². The van der Waals surface area contributed by atoms with Crippen molar-refractivity contribution in [2.45, 2.75) is 6.36 Å². The molecule has 2 nitrogen and oxygen atoms in total. The smallest absolute Gasteiger partial charge is 0.872 e. The van der Waals surface area contributed by atoms with E-state index in [2.05, 4.69) is 4.74 Å². The summed E-state index contributed by atoms with van der Waals surface area (Å²) >= 11 is 0. The molecule has 1 aromatic carbocycles. The number of hydrogen-bond donors (Lipinski definition) is 0. The van der Waals surface area contributed by atoms with Gasteiger partial charge in [-0.05, 0) is 12.1 Å². The first kappa shape index (κ1) is 12.6. The summed E-state index contributed by atoms with van der Waals surface area (Å²) in [5.74, 6) is -0.744.